The second-order valence-electron chi connectivity index (χ2n) is 4.60. The summed E-state index contributed by atoms with van der Waals surface area (Å²) in [6.45, 7) is 4.11. The molecule has 5 heteroatoms. The van der Waals surface area contributed by atoms with Crippen molar-refractivity contribution in [3.8, 4) is 5.75 Å². The first-order valence-corrected chi connectivity index (χ1v) is 5.52. The minimum absolute atomic E-state index is 0.254. The van der Waals surface area contributed by atoms with Crippen molar-refractivity contribution in [1.29, 1.82) is 0 Å². The Hall–Kier alpha value is -2.04. The molecular weight excluding hydrogens is 234 g/mol. The van der Waals surface area contributed by atoms with Gasteiger partial charge in [0.15, 0.2) is 0 Å². The van der Waals surface area contributed by atoms with Gasteiger partial charge in [-0.05, 0) is 17.7 Å². The summed E-state index contributed by atoms with van der Waals surface area (Å²) in [4.78, 5) is 21.4. The summed E-state index contributed by atoms with van der Waals surface area (Å²) < 4.78 is 5.06. The van der Waals surface area contributed by atoms with Crippen molar-refractivity contribution in [2.45, 2.75) is 19.3 Å². The molecule has 2 N–H and O–H groups in total. The minimum atomic E-state index is -1.47. The SMILES string of the molecule is COc1ccc(C(C)(C)CNC(=O)C(=O)O)cc1. The van der Waals surface area contributed by atoms with Gasteiger partial charge in [-0.3, -0.25) is 4.79 Å². The van der Waals surface area contributed by atoms with Gasteiger partial charge in [0.2, 0.25) is 0 Å². The van der Waals surface area contributed by atoms with Crippen molar-refractivity contribution in [2.75, 3.05) is 13.7 Å². The number of amides is 1. The molecule has 0 radical (unpaired) electrons. The summed E-state index contributed by atoms with van der Waals surface area (Å²) in [5.74, 6) is -1.71. The van der Waals surface area contributed by atoms with Crippen molar-refractivity contribution >= 4 is 11.9 Å². The number of methoxy groups -OCH3 is 1. The maximum Gasteiger partial charge on any atom is 0.394 e. The highest BCUT2D eigenvalue weighted by Gasteiger charge is 2.23. The predicted octanol–water partition coefficient (Wildman–Crippen LogP) is 1.17. The number of carboxylic acids is 1. The van der Waals surface area contributed by atoms with Crippen LogP contribution in [0, 0.1) is 0 Å². The Kier molecular flexibility index (Phi) is 4.31. The number of ether oxygens (including phenoxy) is 1. The highest BCUT2D eigenvalue weighted by atomic mass is 16.5. The third-order valence-electron chi connectivity index (χ3n) is 2.76. The molecule has 0 heterocycles. The lowest BCUT2D eigenvalue weighted by atomic mass is 9.84. The molecule has 0 atom stereocenters. The molecule has 0 saturated carbocycles. The van der Waals surface area contributed by atoms with Crippen molar-refractivity contribution < 1.29 is 19.4 Å². The third-order valence-corrected chi connectivity index (χ3v) is 2.76. The van der Waals surface area contributed by atoms with E-state index in [1.165, 1.54) is 0 Å². The average molecular weight is 251 g/mol. The van der Waals surface area contributed by atoms with Crippen LogP contribution in [0.3, 0.4) is 0 Å². The maximum absolute atomic E-state index is 11.0. The van der Waals surface area contributed by atoms with E-state index in [0.29, 0.717) is 0 Å². The Morgan fingerprint density at radius 3 is 2.28 bits per heavy atom. The molecule has 0 bridgehead atoms. The van der Waals surface area contributed by atoms with Gasteiger partial charge < -0.3 is 15.2 Å². The maximum atomic E-state index is 11.0. The summed E-state index contributed by atoms with van der Waals surface area (Å²) in [5.41, 5.74) is 0.645. The zero-order chi connectivity index (χ0) is 13.8. The zero-order valence-electron chi connectivity index (χ0n) is 10.7. The number of hydrogen-bond acceptors (Lipinski definition) is 3. The molecule has 0 spiro atoms. The molecule has 0 aliphatic rings. The largest absolute Gasteiger partial charge is 0.497 e. The van der Waals surface area contributed by atoms with Gasteiger partial charge in [0.25, 0.3) is 0 Å². The van der Waals surface area contributed by atoms with Crippen LogP contribution in [0.4, 0.5) is 0 Å². The number of nitrogens with one attached hydrogen (secondary N) is 1. The van der Waals surface area contributed by atoms with Crippen LogP contribution < -0.4 is 10.1 Å². The van der Waals surface area contributed by atoms with Crippen LogP contribution in [0.15, 0.2) is 24.3 Å². The first-order chi connectivity index (χ1) is 8.36. The van der Waals surface area contributed by atoms with Gasteiger partial charge in [0.1, 0.15) is 5.75 Å². The fraction of sp³-hybridized carbons (Fsp3) is 0.385. The van der Waals surface area contributed by atoms with Gasteiger partial charge in [0.05, 0.1) is 7.11 Å². The number of carbonyl (C=O) groups is 2. The number of rotatable bonds is 4. The van der Waals surface area contributed by atoms with Crippen LogP contribution in [0.5, 0.6) is 5.75 Å². The van der Waals surface area contributed by atoms with Crippen molar-refractivity contribution in [1.82, 2.24) is 5.32 Å². The van der Waals surface area contributed by atoms with E-state index in [0.717, 1.165) is 11.3 Å². The lowest BCUT2D eigenvalue weighted by Crippen LogP contribution is -2.39. The molecule has 5 nitrogen and oxygen atoms in total. The lowest BCUT2D eigenvalue weighted by molar-refractivity contribution is -0.150. The Labute approximate surface area is 106 Å². The molecule has 0 fully saturated rings. The average Bonchev–Trinajstić information content (AvgIpc) is 2.36. The second-order valence-corrected chi connectivity index (χ2v) is 4.60. The van der Waals surface area contributed by atoms with E-state index in [-0.39, 0.29) is 12.0 Å². The topological polar surface area (TPSA) is 75.6 Å². The lowest BCUT2D eigenvalue weighted by Gasteiger charge is -2.25. The van der Waals surface area contributed by atoms with E-state index in [9.17, 15) is 9.59 Å². The summed E-state index contributed by atoms with van der Waals surface area (Å²) in [7, 11) is 1.59. The van der Waals surface area contributed by atoms with E-state index < -0.39 is 11.9 Å². The number of hydrogen-bond donors (Lipinski definition) is 2. The summed E-state index contributed by atoms with van der Waals surface area (Å²) in [5, 5.41) is 10.9. The van der Waals surface area contributed by atoms with Crippen LogP contribution >= 0.6 is 0 Å². The highest BCUT2D eigenvalue weighted by molar-refractivity contribution is 6.31. The van der Waals surface area contributed by atoms with Crippen molar-refractivity contribution in [3.05, 3.63) is 29.8 Å². The van der Waals surface area contributed by atoms with Crippen LogP contribution in [0.25, 0.3) is 0 Å². The molecule has 0 unspecified atom stereocenters. The summed E-state index contributed by atoms with van der Waals surface area (Å²) >= 11 is 0. The smallest absolute Gasteiger partial charge is 0.394 e. The van der Waals surface area contributed by atoms with Crippen LogP contribution in [0.1, 0.15) is 19.4 Å². The molecule has 1 rings (SSSR count). The van der Waals surface area contributed by atoms with Crippen LogP contribution in [-0.2, 0) is 15.0 Å². The Morgan fingerprint density at radius 1 is 1.28 bits per heavy atom. The predicted molar refractivity (Wildman–Crippen MR) is 66.7 cm³/mol. The molecule has 0 saturated heterocycles. The quantitative estimate of drug-likeness (QED) is 0.788. The fourth-order valence-corrected chi connectivity index (χ4v) is 1.52. The zero-order valence-corrected chi connectivity index (χ0v) is 10.7. The van der Waals surface area contributed by atoms with E-state index >= 15 is 0 Å². The van der Waals surface area contributed by atoms with E-state index in [1.807, 2.05) is 38.1 Å². The molecule has 0 aliphatic heterocycles. The molecule has 1 aromatic carbocycles. The molecular formula is C13H17NO4. The van der Waals surface area contributed by atoms with Crippen LogP contribution in [0.2, 0.25) is 0 Å². The number of carbonyl (C=O) groups excluding carboxylic acids is 1. The van der Waals surface area contributed by atoms with E-state index in [1.54, 1.807) is 7.11 Å². The van der Waals surface area contributed by atoms with Crippen molar-refractivity contribution in [2.24, 2.45) is 0 Å². The fourth-order valence-electron chi connectivity index (χ4n) is 1.52. The molecule has 0 aromatic heterocycles. The van der Waals surface area contributed by atoms with Gasteiger partial charge >= 0.3 is 11.9 Å². The molecule has 18 heavy (non-hydrogen) atoms. The van der Waals surface area contributed by atoms with Gasteiger partial charge in [-0.15, -0.1) is 0 Å². The monoisotopic (exact) mass is 251 g/mol. The summed E-state index contributed by atoms with van der Waals surface area (Å²) in [6.07, 6.45) is 0. The first-order valence-electron chi connectivity index (χ1n) is 5.52. The van der Waals surface area contributed by atoms with E-state index in [4.69, 9.17) is 9.84 Å². The van der Waals surface area contributed by atoms with E-state index in [2.05, 4.69) is 5.32 Å². The third kappa shape index (κ3) is 3.48. The van der Waals surface area contributed by atoms with Crippen LogP contribution in [-0.4, -0.2) is 30.6 Å². The molecule has 1 amide bonds. The molecule has 0 aliphatic carbocycles. The Morgan fingerprint density at radius 2 is 1.83 bits per heavy atom. The van der Waals surface area contributed by atoms with Gasteiger partial charge in [-0.1, -0.05) is 26.0 Å². The molecule has 1 aromatic rings. The number of aliphatic carboxylic acids is 1. The van der Waals surface area contributed by atoms with Gasteiger partial charge in [-0.2, -0.15) is 0 Å². The number of carboxylic acid groups (broad SMARTS) is 1. The Bertz CT molecular complexity index is 437. The first kappa shape index (κ1) is 14.0. The summed E-state index contributed by atoms with van der Waals surface area (Å²) in [6, 6.07) is 7.45. The second kappa shape index (κ2) is 5.53. The van der Waals surface area contributed by atoms with Gasteiger partial charge in [-0.25, -0.2) is 4.79 Å². The highest BCUT2D eigenvalue weighted by Crippen LogP contribution is 2.24. The van der Waals surface area contributed by atoms with Gasteiger partial charge in [0, 0.05) is 12.0 Å². The minimum Gasteiger partial charge on any atom is -0.497 e. The Balaban J connectivity index is 2.72. The standard InChI is InChI=1S/C13H17NO4/c1-13(2,8-14-11(15)12(16)17)9-4-6-10(18-3)7-5-9/h4-7H,8H2,1-3H3,(H,14,15)(H,16,17). The molecule has 98 valence electrons. The van der Waals surface area contributed by atoms with Crippen molar-refractivity contribution in [3.63, 3.8) is 0 Å². The normalized spacial score (nSPS) is 10.8. The number of benzene rings is 1.